The second-order valence-corrected chi connectivity index (χ2v) is 10.3. The Morgan fingerprint density at radius 2 is 1.81 bits per heavy atom. The molecule has 0 amide bonds. The fourth-order valence-electron chi connectivity index (χ4n) is 8.10. The maximum Gasteiger partial charge on any atom is 0.305 e. The molecule has 10 atom stereocenters. The molecule has 0 N–H and O–H groups in total. The zero-order valence-corrected chi connectivity index (χ0v) is 17.0. The van der Waals surface area contributed by atoms with Crippen LogP contribution in [0.1, 0.15) is 58.8 Å². The number of fused-ring (bicyclic) bond motifs is 9. The van der Waals surface area contributed by atoms with Crippen LogP contribution in [0.4, 0.5) is 0 Å². The molecule has 27 heavy (non-hydrogen) atoms. The van der Waals surface area contributed by atoms with Crippen LogP contribution in [0.25, 0.3) is 0 Å². The molecule has 4 aliphatic carbocycles. The first-order chi connectivity index (χ1) is 13.1. The second-order valence-electron chi connectivity index (χ2n) is 10.3. The molecule has 0 aromatic heterocycles. The third-order valence-corrected chi connectivity index (χ3v) is 9.31. The van der Waals surface area contributed by atoms with Crippen LogP contribution >= 0.6 is 0 Å². The Labute approximate surface area is 163 Å². The number of hydrogen-bond donors (Lipinski definition) is 0. The number of rotatable bonds is 7. The van der Waals surface area contributed by atoms with E-state index in [0.29, 0.717) is 26.4 Å². The molecule has 0 radical (unpaired) electrons. The van der Waals surface area contributed by atoms with Gasteiger partial charge < -0.3 is 14.2 Å². The van der Waals surface area contributed by atoms with E-state index in [1.54, 1.807) is 6.42 Å². The highest BCUT2D eigenvalue weighted by atomic mass is 16.7. The summed E-state index contributed by atoms with van der Waals surface area (Å²) in [6, 6.07) is 0. The number of unbranched alkanes of at least 4 members (excludes halogenated alkanes) is 1. The Kier molecular flexibility index (Phi) is 5.00. The minimum atomic E-state index is -0.0746. The smallest absolute Gasteiger partial charge is 0.305 e. The van der Waals surface area contributed by atoms with Gasteiger partial charge in [-0.1, -0.05) is 26.7 Å². The first kappa shape index (κ1) is 18.4. The largest absolute Gasteiger partial charge is 0.463 e. The quantitative estimate of drug-likeness (QED) is 0.378. The van der Waals surface area contributed by atoms with E-state index in [0.717, 1.165) is 59.7 Å². The molecule has 4 bridgehead atoms. The van der Waals surface area contributed by atoms with Gasteiger partial charge in [0.25, 0.3) is 0 Å². The summed E-state index contributed by atoms with van der Waals surface area (Å²) in [7, 11) is 0. The Balaban J connectivity index is 1.04. The van der Waals surface area contributed by atoms with Crippen LogP contribution in [-0.2, 0) is 19.0 Å². The lowest BCUT2D eigenvalue weighted by Crippen LogP contribution is -2.38. The van der Waals surface area contributed by atoms with Crippen molar-refractivity contribution in [2.24, 2.45) is 53.3 Å². The molecule has 4 saturated carbocycles. The van der Waals surface area contributed by atoms with Gasteiger partial charge in [0.05, 0.1) is 6.61 Å². The average Bonchev–Trinajstić information content (AvgIpc) is 3.44. The Morgan fingerprint density at radius 1 is 1.00 bits per heavy atom. The first-order valence-corrected chi connectivity index (χ1v) is 11.5. The Morgan fingerprint density at radius 3 is 2.59 bits per heavy atom. The minimum Gasteiger partial charge on any atom is -0.463 e. The summed E-state index contributed by atoms with van der Waals surface area (Å²) in [4.78, 5) is 11.9. The van der Waals surface area contributed by atoms with Gasteiger partial charge in [-0.2, -0.15) is 0 Å². The van der Waals surface area contributed by atoms with Gasteiger partial charge in [-0.05, 0) is 78.9 Å². The highest BCUT2D eigenvalue weighted by Gasteiger charge is 2.65. The van der Waals surface area contributed by atoms with Gasteiger partial charge in [0.15, 0.2) is 0 Å². The second kappa shape index (κ2) is 7.33. The van der Waals surface area contributed by atoms with Crippen LogP contribution < -0.4 is 0 Å². The predicted octanol–water partition coefficient (Wildman–Crippen LogP) is 4.27. The fourth-order valence-corrected chi connectivity index (χ4v) is 8.10. The molecular formula is C23H36O4. The summed E-state index contributed by atoms with van der Waals surface area (Å²) in [5, 5.41) is 0. The van der Waals surface area contributed by atoms with Crippen molar-refractivity contribution >= 4 is 5.97 Å². The third kappa shape index (κ3) is 3.15. The van der Waals surface area contributed by atoms with Crippen molar-refractivity contribution in [3.63, 3.8) is 0 Å². The van der Waals surface area contributed by atoms with E-state index in [2.05, 4.69) is 13.8 Å². The number of esters is 1. The summed E-state index contributed by atoms with van der Waals surface area (Å²) in [5.41, 5.74) is 0. The third-order valence-electron chi connectivity index (χ3n) is 9.31. The van der Waals surface area contributed by atoms with Crippen molar-refractivity contribution < 1.29 is 19.0 Å². The topological polar surface area (TPSA) is 44.8 Å². The molecule has 1 saturated heterocycles. The highest BCUT2D eigenvalue weighted by Crippen LogP contribution is 2.71. The maximum absolute atomic E-state index is 11.9. The van der Waals surface area contributed by atoms with E-state index < -0.39 is 0 Å². The van der Waals surface area contributed by atoms with Crippen molar-refractivity contribution in [3.8, 4) is 0 Å². The van der Waals surface area contributed by atoms with Gasteiger partial charge in [0, 0.05) is 6.42 Å². The molecule has 1 heterocycles. The zero-order valence-electron chi connectivity index (χ0n) is 17.0. The SMILES string of the molecule is CC1C(C)C2CC1C1C3CC(CCCCC(=O)OCC4COCO4)C(C3)C21. The molecule has 0 aromatic carbocycles. The van der Waals surface area contributed by atoms with Crippen molar-refractivity contribution in [2.45, 2.75) is 64.9 Å². The summed E-state index contributed by atoms with van der Waals surface area (Å²) < 4.78 is 15.7. The van der Waals surface area contributed by atoms with Crippen molar-refractivity contribution in [1.82, 2.24) is 0 Å². The lowest BCUT2D eigenvalue weighted by Gasteiger charge is -2.43. The lowest BCUT2D eigenvalue weighted by molar-refractivity contribution is -0.146. The van der Waals surface area contributed by atoms with Crippen molar-refractivity contribution in [2.75, 3.05) is 20.0 Å². The van der Waals surface area contributed by atoms with Crippen LogP contribution in [0, 0.1) is 53.3 Å². The summed E-state index contributed by atoms with van der Waals surface area (Å²) in [6.07, 6.45) is 8.53. The van der Waals surface area contributed by atoms with E-state index in [9.17, 15) is 4.79 Å². The summed E-state index contributed by atoms with van der Waals surface area (Å²) in [6.45, 7) is 6.26. The van der Waals surface area contributed by atoms with Crippen LogP contribution in [0.5, 0.6) is 0 Å². The van der Waals surface area contributed by atoms with Crippen molar-refractivity contribution in [3.05, 3.63) is 0 Å². The first-order valence-electron chi connectivity index (χ1n) is 11.5. The Bertz CT molecular complexity index is 557. The number of hydrogen-bond acceptors (Lipinski definition) is 4. The van der Waals surface area contributed by atoms with Gasteiger partial charge in [0.1, 0.15) is 19.5 Å². The molecule has 1 aliphatic heterocycles. The zero-order chi connectivity index (χ0) is 18.5. The van der Waals surface area contributed by atoms with Crippen molar-refractivity contribution in [1.29, 1.82) is 0 Å². The van der Waals surface area contributed by atoms with Crippen LogP contribution in [-0.4, -0.2) is 32.1 Å². The standard InChI is InChI=1S/C23H36O4/c1-13-14(2)19-9-18(13)22-16-7-15(20(8-16)23(19)22)5-3-4-6-21(24)26-11-17-10-25-12-27-17/h13-20,22-23H,3-12H2,1-2H3. The molecule has 0 spiro atoms. The van der Waals surface area contributed by atoms with Crippen LogP contribution in [0.3, 0.4) is 0 Å². The molecule has 5 fully saturated rings. The number of carbonyl (C=O) groups excluding carboxylic acids is 1. The molecule has 5 aliphatic rings. The molecule has 5 rings (SSSR count). The van der Waals surface area contributed by atoms with Crippen LogP contribution in [0.15, 0.2) is 0 Å². The molecule has 152 valence electrons. The van der Waals surface area contributed by atoms with Gasteiger partial charge in [-0.25, -0.2) is 0 Å². The molecule has 0 aromatic rings. The Hall–Kier alpha value is -0.610. The van der Waals surface area contributed by atoms with Gasteiger partial charge in [-0.15, -0.1) is 0 Å². The van der Waals surface area contributed by atoms with E-state index in [-0.39, 0.29) is 12.1 Å². The number of ether oxygens (including phenoxy) is 3. The molecule has 4 heteroatoms. The maximum atomic E-state index is 11.9. The van der Waals surface area contributed by atoms with E-state index in [4.69, 9.17) is 14.2 Å². The summed E-state index contributed by atoms with van der Waals surface area (Å²) >= 11 is 0. The number of carbonyl (C=O) groups is 1. The molecular weight excluding hydrogens is 340 g/mol. The highest BCUT2D eigenvalue weighted by molar-refractivity contribution is 5.69. The summed E-state index contributed by atoms with van der Waals surface area (Å²) in [5.74, 6) is 9.07. The van der Waals surface area contributed by atoms with E-state index in [1.807, 2.05) is 0 Å². The van der Waals surface area contributed by atoms with Gasteiger partial charge in [0.2, 0.25) is 0 Å². The lowest BCUT2D eigenvalue weighted by atomic mass is 9.61. The van der Waals surface area contributed by atoms with Crippen LogP contribution in [0.2, 0.25) is 0 Å². The normalized spacial score (nSPS) is 49.7. The predicted molar refractivity (Wildman–Crippen MR) is 102 cm³/mol. The molecule has 10 unspecified atom stereocenters. The van der Waals surface area contributed by atoms with E-state index in [1.165, 1.54) is 25.7 Å². The monoisotopic (exact) mass is 376 g/mol. The average molecular weight is 377 g/mol. The van der Waals surface area contributed by atoms with Gasteiger partial charge in [-0.3, -0.25) is 4.79 Å². The molecule has 4 nitrogen and oxygen atoms in total. The van der Waals surface area contributed by atoms with Gasteiger partial charge >= 0.3 is 5.97 Å². The fraction of sp³-hybridized carbons (Fsp3) is 0.957. The van der Waals surface area contributed by atoms with E-state index >= 15 is 0 Å². The minimum absolute atomic E-state index is 0.0669.